The first-order valence-corrected chi connectivity index (χ1v) is 8.30. The van der Waals surface area contributed by atoms with Gasteiger partial charge in [0.05, 0.1) is 12.7 Å². The first kappa shape index (κ1) is 16.6. The van der Waals surface area contributed by atoms with Crippen LogP contribution in [0.25, 0.3) is 0 Å². The number of hydrogen-bond donors (Lipinski definition) is 0. The van der Waals surface area contributed by atoms with Crippen LogP contribution < -0.4 is 0 Å². The third kappa shape index (κ3) is 3.97. The highest BCUT2D eigenvalue weighted by Gasteiger charge is 2.34. The summed E-state index contributed by atoms with van der Waals surface area (Å²) in [6, 6.07) is 4.60. The second-order valence-corrected chi connectivity index (χ2v) is 6.36. The summed E-state index contributed by atoms with van der Waals surface area (Å²) >= 11 is 0. The molecule has 0 spiro atoms. The lowest BCUT2D eigenvalue weighted by atomic mass is 10.0. The van der Waals surface area contributed by atoms with Gasteiger partial charge in [0.2, 0.25) is 0 Å². The van der Waals surface area contributed by atoms with Gasteiger partial charge in [-0.15, -0.1) is 6.58 Å². The van der Waals surface area contributed by atoms with Crippen LogP contribution in [-0.4, -0.2) is 54.7 Å². The van der Waals surface area contributed by atoms with Gasteiger partial charge in [0, 0.05) is 38.8 Å². The number of hydrogen-bond acceptors (Lipinski definition) is 3. The largest absolute Gasteiger partial charge is 0.375 e. The van der Waals surface area contributed by atoms with Crippen molar-refractivity contribution in [2.75, 3.05) is 32.8 Å². The lowest BCUT2D eigenvalue weighted by Crippen LogP contribution is -2.51. The van der Waals surface area contributed by atoms with Gasteiger partial charge in [-0.3, -0.25) is 9.80 Å². The first-order chi connectivity index (χ1) is 11.2. The Balaban J connectivity index is 1.63. The first-order valence-electron chi connectivity index (χ1n) is 8.30. The fourth-order valence-electron chi connectivity index (χ4n) is 3.66. The van der Waals surface area contributed by atoms with E-state index in [2.05, 4.69) is 16.4 Å². The predicted molar refractivity (Wildman–Crippen MR) is 86.2 cm³/mol. The summed E-state index contributed by atoms with van der Waals surface area (Å²) in [7, 11) is 0. The summed E-state index contributed by atoms with van der Waals surface area (Å²) in [5.74, 6) is -1.56. The number of fused-ring (bicyclic) bond motifs is 1. The number of halogens is 2. The summed E-state index contributed by atoms with van der Waals surface area (Å²) in [6.07, 6.45) is 4.22. The van der Waals surface area contributed by atoms with Crippen molar-refractivity contribution < 1.29 is 13.5 Å². The molecule has 2 heterocycles. The smallest absolute Gasteiger partial charge is 0.159 e. The molecule has 2 aliphatic heterocycles. The number of morpholine rings is 1. The van der Waals surface area contributed by atoms with E-state index in [-0.39, 0.29) is 6.10 Å². The topological polar surface area (TPSA) is 15.7 Å². The Morgan fingerprint density at radius 1 is 1.17 bits per heavy atom. The zero-order valence-corrected chi connectivity index (χ0v) is 13.4. The van der Waals surface area contributed by atoms with Gasteiger partial charge in [-0.25, -0.2) is 8.78 Å². The molecular weight excluding hydrogens is 298 g/mol. The molecule has 2 atom stereocenters. The molecule has 2 fully saturated rings. The van der Waals surface area contributed by atoms with Gasteiger partial charge < -0.3 is 4.74 Å². The van der Waals surface area contributed by atoms with E-state index in [4.69, 9.17) is 4.74 Å². The molecular formula is C18H24F2N2O. The lowest BCUT2D eigenvalue weighted by molar-refractivity contribution is -0.0672. The molecule has 2 saturated heterocycles. The molecule has 5 heteroatoms. The van der Waals surface area contributed by atoms with E-state index in [9.17, 15) is 8.78 Å². The zero-order chi connectivity index (χ0) is 16.2. The van der Waals surface area contributed by atoms with Crippen LogP contribution >= 0.6 is 0 Å². The fourth-order valence-corrected chi connectivity index (χ4v) is 3.66. The van der Waals surface area contributed by atoms with Crippen molar-refractivity contribution in [3.63, 3.8) is 0 Å². The van der Waals surface area contributed by atoms with E-state index < -0.39 is 11.6 Å². The minimum absolute atomic E-state index is 0.263. The number of ether oxygens (including phenoxy) is 1. The van der Waals surface area contributed by atoms with E-state index in [1.165, 1.54) is 12.1 Å². The fraction of sp³-hybridized carbons (Fsp3) is 0.556. The number of rotatable bonds is 4. The van der Waals surface area contributed by atoms with Gasteiger partial charge in [0.1, 0.15) is 0 Å². The summed E-state index contributed by atoms with van der Waals surface area (Å²) in [6.45, 7) is 8.98. The maximum absolute atomic E-state index is 13.4. The number of nitrogens with zero attached hydrogens (tertiary/aromatic N) is 2. The summed E-state index contributed by atoms with van der Waals surface area (Å²) < 4.78 is 32.4. The summed E-state index contributed by atoms with van der Waals surface area (Å²) in [5.41, 5.74) is 0.817. The number of likely N-dealkylation sites (tertiary alicyclic amines) is 1. The van der Waals surface area contributed by atoms with Crippen LogP contribution in [0.1, 0.15) is 18.4 Å². The second kappa shape index (κ2) is 7.51. The van der Waals surface area contributed by atoms with Crippen molar-refractivity contribution in [1.29, 1.82) is 0 Å². The van der Waals surface area contributed by atoms with Crippen molar-refractivity contribution in [2.45, 2.75) is 31.5 Å². The van der Waals surface area contributed by atoms with Crippen molar-refractivity contribution in [2.24, 2.45) is 0 Å². The average Bonchev–Trinajstić information content (AvgIpc) is 2.75. The standard InChI is InChI=1S/C18H24F2N2O/c1-2-7-22-10-11-23-18-6-9-21(8-5-17(18)22)13-14-3-4-15(19)16(20)12-14/h2-4,12,17-18H,1,5-11,13H2. The second-order valence-electron chi connectivity index (χ2n) is 6.36. The quantitative estimate of drug-likeness (QED) is 0.793. The molecule has 126 valence electrons. The van der Waals surface area contributed by atoms with E-state index in [0.717, 1.165) is 51.2 Å². The van der Waals surface area contributed by atoms with Crippen LogP contribution in [0, 0.1) is 11.6 Å². The maximum atomic E-state index is 13.4. The van der Waals surface area contributed by atoms with E-state index >= 15 is 0 Å². The minimum Gasteiger partial charge on any atom is -0.375 e. The molecule has 0 N–H and O–H groups in total. The molecule has 1 aromatic carbocycles. The molecule has 2 aliphatic rings. The predicted octanol–water partition coefficient (Wildman–Crippen LogP) is 2.82. The highest BCUT2D eigenvalue weighted by atomic mass is 19.2. The van der Waals surface area contributed by atoms with Gasteiger partial charge in [-0.1, -0.05) is 12.1 Å². The van der Waals surface area contributed by atoms with Crippen LogP contribution in [0.15, 0.2) is 30.9 Å². The molecule has 0 aliphatic carbocycles. The Bertz CT molecular complexity index is 552. The van der Waals surface area contributed by atoms with Crippen LogP contribution in [-0.2, 0) is 11.3 Å². The third-order valence-corrected chi connectivity index (χ3v) is 4.83. The summed E-state index contributed by atoms with van der Waals surface area (Å²) in [4.78, 5) is 4.75. The Hall–Kier alpha value is -1.30. The van der Waals surface area contributed by atoms with Gasteiger partial charge in [0.15, 0.2) is 11.6 Å². The molecule has 1 aromatic rings. The average molecular weight is 322 g/mol. The molecule has 0 bridgehead atoms. The van der Waals surface area contributed by atoms with Crippen molar-refractivity contribution in [3.8, 4) is 0 Å². The maximum Gasteiger partial charge on any atom is 0.159 e. The molecule has 23 heavy (non-hydrogen) atoms. The molecule has 0 radical (unpaired) electrons. The Kier molecular flexibility index (Phi) is 5.41. The lowest BCUT2D eigenvalue weighted by Gasteiger charge is -2.39. The van der Waals surface area contributed by atoms with Crippen molar-refractivity contribution >= 4 is 0 Å². The zero-order valence-electron chi connectivity index (χ0n) is 13.4. The molecule has 0 amide bonds. The molecule has 0 saturated carbocycles. The van der Waals surface area contributed by atoms with Crippen molar-refractivity contribution in [1.82, 2.24) is 9.80 Å². The summed E-state index contributed by atoms with van der Waals surface area (Å²) in [5, 5.41) is 0. The van der Waals surface area contributed by atoms with E-state index in [1.54, 1.807) is 6.07 Å². The van der Waals surface area contributed by atoms with Crippen LogP contribution in [0.5, 0.6) is 0 Å². The molecule has 3 nitrogen and oxygen atoms in total. The monoisotopic (exact) mass is 322 g/mol. The molecule has 3 rings (SSSR count). The van der Waals surface area contributed by atoms with Gasteiger partial charge in [-0.05, 0) is 30.5 Å². The Morgan fingerprint density at radius 3 is 2.78 bits per heavy atom. The normalized spacial score (nSPS) is 26.5. The third-order valence-electron chi connectivity index (χ3n) is 4.83. The van der Waals surface area contributed by atoms with Gasteiger partial charge >= 0.3 is 0 Å². The number of benzene rings is 1. The SMILES string of the molecule is C=CCN1CCOC2CCN(Cc3ccc(F)c(F)c3)CCC21. The van der Waals surface area contributed by atoms with Crippen molar-refractivity contribution in [3.05, 3.63) is 48.1 Å². The Morgan fingerprint density at radius 2 is 2.00 bits per heavy atom. The van der Waals surface area contributed by atoms with Gasteiger partial charge in [-0.2, -0.15) is 0 Å². The van der Waals surface area contributed by atoms with E-state index in [1.807, 2.05) is 6.08 Å². The van der Waals surface area contributed by atoms with Crippen LogP contribution in [0.3, 0.4) is 0 Å². The minimum atomic E-state index is -0.788. The highest BCUT2D eigenvalue weighted by molar-refractivity contribution is 5.17. The van der Waals surface area contributed by atoms with Crippen LogP contribution in [0.4, 0.5) is 8.78 Å². The molecule has 2 unspecified atom stereocenters. The molecule has 0 aromatic heterocycles. The van der Waals surface area contributed by atoms with Gasteiger partial charge in [0.25, 0.3) is 0 Å². The highest BCUT2D eigenvalue weighted by Crippen LogP contribution is 2.24. The Labute approximate surface area is 136 Å². The van der Waals surface area contributed by atoms with E-state index in [0.29, 0.717) is 12.6 Å². The van der Waals surface area contributed by atoms with Crippen LogP contribution in [0.2, 0.25) is 0 Å².